The lowest BCUT2D eigenvalue weighted by atomic mass is 9.87. The van der Waals surface area contributed by atoms with Gasteiger partial charge in [0, 0.05) is 37.4 Å². The van der Waals surface area contributed by atoms with Crippen molar-refractivity contribution in [3.05, 3.63) is 22.7 Å². The highest BCUT2D eigenvalue weighted by Crippen LogP contribution is 2.26. The maximum absolute atomic E-state index is 12.2. The summed E-state index contributed by atoms with van der Waals surface area (Å²) in [5, 5.41) is 8.95. The van der Waals surface area contributed by atoms with Crippen LogP contribution in [0.5, 0.6) is 0 Å². The number of hydrogen-bond donors (Lipinski definition) is 1. The van der Waals surface area contributed by atoms with Crippen LogP contribution in [0.2, 0.25) is 0 Å². The van der Waals surface area contributed by atoms with Gasteiger partial charge in [-0.05, 0) is 13.8 Å². The predicted molar refractivity (Wildman–Crippen MR) is 71.4 cm³/mol. The molecule has 0 saturated carbocycles. The number of carbonyl (C=O) groups is 1. The quantitative estimate of drug-likeness (QED) is 0.878. The molecule has 0 aromatic carbocycles. The van der Waals surface area contributed by atoms with E-state index >= 15 is 0 Å². The van der Waals surface area contributed by atoms with Crippen LogP contribution in [0.15, 0.2) is 17.2 Å². The van der Waals surface area contributed by atoms with E-state index in [-0.39, 0.29) is 23.4 Å². The van der Waals surface area contributed by atoms with Crippen molar-refractivity contribution in [1.29, 1.82) is 0 Å². The molecule has 1 N–H and O–H groups in total. The maximum atomic E-state index is 12.2. The van der Waals surface area contributed by atoms with Gasteiger partial charge in [0.1, 0.15) is 0 Å². The predicted octanol–water partition coefficient (Wildman–Crippen LogP) is 0.981. The molecule has 0 bridgehead atoms. The Morgan fingerprint density at radius 1 is 1.42 bits per heavy atom. The van der Waals surface area contributed by atoms with E-state index in [1.165, 1.54) is 0 Å². The van der Waals surface area contributed by atoms with E-state index in [1.807, 2.05) is 18.7 Å². The van der Waals surface area contributed by atoms with Gasteiger partial charge in [-0.15, -0.1) is 0 Å². The van der Waals surface area contributed by atoms with E-state index < -0.39 is 5.97 Å². The Bertz CT molecular complexity index is 532. The Balaban J connectivity index is 2.13. The summed E-state index contributed by atoms with van der Waals surface area (Å²) in [4.78, 5) is 29.1. The minimum Gasteiger partial charge on any atom is -0.481 e. The molecule has 1 fully saturated rings. The van der Waals surface area contributed by atoms with E-state index in [4.69, 9.17) is 5.11 Å². The number of aromatic nitrogens is 2. The Labute approximate surface area is 111 Å². The molecule has 1 saturated heterocycles. The zero-order valence-electron chi connectivity index (χ0n) is 11.4. The van der Waals surface area contributed by atoms with Gasteiger partial charge in [-0.25, -0.2) is 4.98 Å². The van der Waals surface area contributed by atoms with Gasteiger partial charge >= 0.3 is 5.97 Å². The van der Waals surface area contributed by atoms with E-state index in [0.717, 1.165) is 0 Å². The summed E-state index contributed by atoms with van der Waals surface area (Å²) in [6.45, 7) is 6.75. The average Bonchev–Trinajstić information content (AvgIpc) is 2.28. The fourth-order valence-corrected chi connectivity index (χ4v) is 2.24. The molecular weight excluding hydrogens is 246 g/mol. The fourth-order valence-electron chi connectivity index (χ4n) is 2.24. The number of anilines is 1. The van der Waals surface area contributed by atoms with Crippen LogP contribution in [0.3, 0.4) is 0 Å². The lowest BCUT2D eigenvalue weighted by Crippen LogP contribution is -2.53. The topological polar surface area (TPSA) is 75.4 Å². The summed E-state index contributed by atoms with van der Waals surface area (Å²) in [7, 11) is 0. The van der Waals surface area contributed by atoms with E-state index in [2.05, 4.69) is 4.98 Å². The van der Waals surface area contributed by atoms with Crippen LogP contribution in [0.1, 0.15) is 26.8 Å². The zero-order valence-corrected chi connectivity index (χ0v) is 11.4. The first-order valence-corrected chi connectivity index (χ1v) is 6.46. The normalized spacial score (nSPS) is 17.4. The zero-order chi connectivity index (χ0) is 14.2. The van der Waals surface area contributed by atoms with Gasteiger partial charge in [0.2, 0.25) is 0 Å². The number of nitrogens with zero attached hydrogens (tertiary/aromatic N) is 3. The Morgan fingerprint density at radius 2 is 2.05 bits per heavy atom. The van der Waals surface area contributed by atoms with Crippen molar-refractivity contribution in [2.24, 2.45) is 11.8 Å². The smallest absolute Gasteiger partial charge is 0.306 e. The molecule has 6 nitrogen and oxygen atoms in total. The summed E-state index contributed by atoms with van der Waals surface area (Å²) in [5.74, 6) is -0.658. The highest BCUT2D eigenvalue weighted by Gasteiger charge is 2.36. The molecule has 19 heavy (non-hydrogen) atoms. The van der Waals surface area contributed by atoms with Crippen LogP contribution in [-0.2, 0) is 4.79 Å². The maximum Gasteiger partial charge on any atom is 0.306 e. The second-order valence-corrected chi connectivity index (χ2v) is 5.35. The molecule has 0 spiro atoms. The molecule has 0 aliphatic carbocycles. The lowest BCUT2D eigenvalue weighted by molar-refractivity contribution is -0.143. The molecular formula is C13H19N3O3. The second kappa shape index (κ2) is 5.03. The van der Waals surface area contributed by atoms with Crippen LogP contribution >= 0.6 is 0 Å². The number of rotatable bonds is 4. The third-order valence-electron chi connectivity index (χ3n) is 3.71. The van der Waals surface area contributed by atoms with Gasteiger partial charge in [0.25, 0.3) is 5.56 Å². The van der Waals surface area contributed by atoms with Crippen molar-refractivity contribution in [2.45, 2.75) is 26.8 Å². The lowest BCUT2D eigenvalue weighted by Gasteiger charge is -2.41. The van der Waals surface area contributed by atoms with Crippen molar-refractivity contribution >= 4 is 11.8 Å². The molecule has 0 radical (unpaired) electrons. The fraction of sp³-hybridized carbons (Fsp3) is 0.615. The van der Waals surface area contributed by atoms with Crippen LogP contribution in [0, 0.1) is 11.8 Å². The largest absolute Gasteiger partial charge is 0.481 e. The number of hydrogen-bond acceptors (Lipinski definition) is 4. The summed E-state index contributed by atoms with van der Waals surface area (Å²) in [5.41, 5.74) is -0.112. The first kappa shape index (κ1) is 13.6. The van der Waals surface area contributed by atoms with Crippen molar-refractivity contribution in [3.63, 3.8) is 0 Å². The average molecular weight is 265 g/mol. The molecule has 1 aliphatic heterocycles. The van der Waals surface area contributed by atoms with Crippen LogP contribution < -0.4 is 10.5 Å². The van der Waals surface area contributed by atoms with Crippen molar-refractivity contribution < 1.29 is 9.90 Å². The van der Waals surface area contributed by atoms with Gasteiger partial charge in [-0.2, -0.15) is 0 Å². The SMILES string of the molecule is CC(C(=O)O)C1CN(c2nccn(C(C)C)c2=O)C1. The highest BCUT2D eigenvalue weighted by molar-refractivity contribution is 5.70. The van der Waals surface area contributed by atoms with Crippen molar-refractivity contribution in [1.82, 2.24) is 9.55 Å². The van der Waals surface area contributed by atoms with Crippen LogP contribution in [0.4, 0.5) is 5.82 Å². The monoisotopic (exact) mass is 265 g/mol. The summed E-state index contributed by atoms with van der Waals surface area (Å²) >= 11 is 0. The molecule has 104 valence electrons. The van der Waals surface area contributed by atoms with Gasteiger partial charge in [0.05, 0.1) is 5.92 Å². The molecule has 0 amide bonds. The minimum atomic E-state index is -0.787. The molecule has 1 atom stereocenters. The Kier molecular flexibility index (Phi) is 3.59. The molecule has 6 heteroatoms. The summed E-state index contributed by atoms with van der Waals surface area (Å²) in [6.07, 6.45) is 3.29. The molecule has 1 aliphatic rings. The van der Waals surface area contributed by atoms with Gasteiger partial charge < -0.3 is 14.6 Å². The number of carboxylic acids is 1. The number of carboxylic acid groups (broad SMARTS) is 1. The third-order valence-corrected chi connectivity index (χ3v) is 3.71. The molecule has 1 aromatic rings. The third kappa shape index (κ3) is 2.47. The van der Waals surface area contributed by atoms with Crippen LogP contribution in [-0.4, -0.2) is 33.7 Å². The Morgan fingerprint density at radius 3 is 2.58 bits per heavy atom. The molecule has 2 rings (SSSR count). The Hall–Kier alpha value is -1.85. The highest BCUT2D eigenvalue weighted by atomic mass is 16.4. The molecule has 2 heterocycles. The first-order valence-electron chi connectivity index (χ1n) is 6.46. The van der Waals surface area contributed by atoms with Crippen molar-refractivity contribution in [2.75, 3.05) is 18.0 Å². The summed E-state index contributed by atoms with van der Waals surface area (Å²) in [6, 6.07) is 0.0873. The van der Waals surface area contributed by atoms with E-state index in [9.17, 15) is 9.59 Å². The van der Waals surface area contributed by atoms with E-state index in [1.54, 1.807) is 23.9 Å². The molecule has 1 unspecified atom stereocenters. The van der Waals surface area contributed by atoms with Gasteiger partial charge in [0.15, 0.2) is 5.82 Å². The van der Waals surface area contributed by atoms with Gasteiger partial charge in [-0.3, -0.25) is 9.59 Å². The minimum absolute atomic E-state index is 0.0873. The van der Waals surface area contributed by atoms with E-state index in [0.29, 0.717) is 18.9 Å². The standard InChI is InChI=1S/C13H19N3O3/c1-8(2)16-5-4-14-11(12(16)17)15-6-10(7-15)9(3)13(18)19/h4-5,8-10H,6-7H2,1-3H3,(H,18,19). The molecule has 1 aromatic heterocycles. The van der Waals surface area contributed by atoms with Crippen LogP contribution in [0.25, 0.3) is 0 Å². The van der Waals surface area contributed by atoms with Crippen molar-refractivity contribution in [3.8, 4) is 0 Å². The second-order valence-electron chi connectivity index (χ2n) is 5.35. The number of aliphatic carboxylic acids is 1. The summed E-state index contributed by atoms with van der Waals surface area (Å²) < 4.78 is 1.64. The first-order chi connectivity index (χ1) is 8.91. The van der Waals surface area contributed by atoms with Gasteiger partial charge in [-0.1, -0.05) is 6.92 Å².